The molecule has 1 fully saturated rings. The molecule has 1 aromatic rings. The fourth-order valence-electron chi connectivity index (χ4n) is 2.82. The molecule has 0 heterocycles. The van der Waals surface area contributed by atoms with Crippen molar-refractivity contribution in [2.45, 2.75) is 26.7 Å². The van der Waals surface area contributed by atoms with E-state index in [-0.39, 0.29) is 5.91 Å². The maximum Gasteiger partial charge on any atom is 0.239 e. The number of carbonyl (C=O) groups is 1. The molecule has 1 aliphatic carbocycles. The molecular formula is C15H20N2OS. The van der Waals surface area contributed by atoms with Crippen molar-refractivity contribution >= 4 is 28.8 Å². The summed E-state index contributed by atoms with van der Waals surface area (Å²) in [6, 6.07) is 7.89. The van der Waals surface area contributed by atoms with Crippen molar-refractivity contribution in [3.8, 4) is 0 Å². The number of rotatable bonds is 3. The summed E-state index contributed by atoms with van der Waals surface area (Å²) in [6.07, 6.45) is 1.52. The van der Waals surface area contributed by atoms with Crippen molar-refractivity contribution < 1.29 is 4.79 Å². The molecule has 102 valence electrons. The molecule has 0 saturated heterocycles. The van der Waals surface area contributed by atoms with Crippen LogP contribution in [-0.2, 0) is 4.79 Å². The van der Waals surface area contributed by atoms with E-state index in [4.69, 9.17) is 18.0 Å². The van der Waals surface area contributed by atoms with Crippen molar-refractivity contribution in [1.82, 2.24) is 0 Å². The first-order valence-electron chi connectivity index (χ1n) is 6.51. The normalized spacial score (nSPS) is 25.5. The second-order valence-electron chi connectivity index (χ2n) is 5.66. The van der Waals surface area contributed by atoms with Crippen LogP contribution in [0.15, 0.2) is 24.3 Å². The predicted octanol–water partition coefficient (Wildman–Crippen LogP) is 2.66. The van der Waals surface area contributed by atoms with Gasteiger partial charge in [0.25, 0.3) is 0 Å². The summed E-state index contributed by atoms with van der Waals surface area (Å²) in [5.74, 6) is 0.527. The smallest absolute Gasteiger partial charge is 0.239 e. The van der Waals surface area contributed by atoms with E-state index < -0.39 is 5.41 Å². The number of benzene rings is 1. The Kier molecular flexibility index (Phi) is 3.63. The minimum Gasteiger partial charge on any atom is -0.392 e. The van der Waals surface area contributed by atoms with E-state index in [9.17, 15) is 4.79 Å². The van der Waals surface area contributed by atoms with Gasteiger partial charge in [0.1, 0.15) is 0 Å². The van der Waals surface area contributed by atoms with Crippen LogP contribution < -0.4 is 10.6 Å². The van der Waals surface area contributed by atoms with Crippen molar-refractivity contribution in [3.05, 3.63) is 29.8 Å². The molecule has 1 amide bonds. The lowest BCUT2D eigenvalue weighted by Gasteiger charge is -2.45. The topological polar surface area (TPSA) is 46.3 Å². The largest absolute Gasteiger partial charge is 0.392 e. The summed E-state index contributed by atoms with van der Waals surface area (Å²) in [5, 5.41) is 0. The number of anilines is 1. The molecule has 4 heteroatoms. The van der Waals surface area contributed by atoms with Gasteiger partial charge in [0.15, 0.2) is 0 Å². The third-order valence-electron chi connectivity index (χ3n) is 4.00. The van der Waals surface area contributed by atoms with Gasteiger partial charge in [-0.1, -0.05) is 36.8 Å². The molecular weight excluding hydrogens is 256 g/mol. The number of amides is 1. The molecule has 3 nitrogen and oxygen atoms in total. The molecule has 1 saturated carbocycles. The Hall–Kier alpha value is -1.42. The van der Waals surface area contributed by atoms with E-state index >= 15 is 0 Å². The molecule has 0 aliphatic heterocycles. The van der Waals surface area contributed by atoms with Gasteiger partial charge in [0.05, 0.1) is 10.4 Å². The Morgan fingerprint density at radius 2 is 1.89 bits per heavy atom. The summed E-state index contributed by atoms with van der Waals surface area (Å²) in [4.78, 5) is 14.7. The van der Waals surface area contributed by atoms with E-state index in [0.29, 0.717) is 10.9 Å². The zero-order chi connectivity index (χ0) is 14.2. The minimum absolute atomic E-state index is 0.0157. The Balaban J connectivity index is 2.23. The molecule has 2 N–H and O–H groups in total. The lowest BCUT2D eigenvalue weighted by Crippen LogP contribution is -2.56. The van der Waals surface area contributed by atoms with Crippen LogP contribution in [0.25, 0.3) is 0 Å². The molecule has 0 aromatic heterocycles. The van der Waals surface area contributed by atoms with Gasteiger partial charge < -0.3 is 10.6 Å². The van der Waals surface area contributed by atoms with Gasteiger partial charge in [0.2, 0.25) is 5.91 Å². The number of hydrogen-bond donors (Lipinski definition) is 1. The summed E-state index contributed by atoms with van der Waals surface area (Å²) in [6.45, 7) is 4.14. The summed E-state index contributed by atoms with van der Waals surface area (Å²) >= 11 is 5.13. The number of thiocarbonyl (C=S) groups is 1. The Morgan fingerprint density at radius 3 is 2.32 bits per heavy atom. The molecule has 0 radical (unpaired) electrons. The highest BCUT2D eigenvalue weighted by Gasteiger charge is 2.52. The SMILES string of the molecule is Cc1ccc(N(C)C(=O)C2(C(N)=S)CC(C)C2)cc1. The van der Waals surface area contributed by atoms with Gasteiger partial charge in [0, 0.05) is 12.7 Å². The van der Waals surface area contributed by atoms with Crippen molar-refractivity contribution in [2.24, 2.45) is 17.1 Å². The van der Waals surface area contributed by atoms with Crippen molar-refractivity contribution in [1.29, 1.82) is 0 Å². The molecule has 0 spiro atoms. The Morgan fingerprint density at radius 1 is 1.37 bits per heavy atom. The minimum atomic E-state index is -0.631. The average molecular weight is 276 g/mol. The van der Waals surface area contributed by atoms with Crippen LogP contribution in [0.4, 0.5) is 5.69 Å². The van der Waals surface area contributed by atoms with E-state index in [1.54, 1.807) is 11.9 Å². The maximum atomic E-state index is 12.7. The molecule has 0 bridgehead atoms. The number of hydrogen-bond acceptors (Lipinski definition) is 2. The molecule has 2 rings (SSSR count). The van der Waals surface area contributed by atoms with Gasteiger partial charge in [-0.15, -0.1) is 0 Å². The first-order chi connectivity index (χ1) is 8.86. The number of carbonyl (C=O) groups excluding carboxylic acids is 1. The zero-order valence-electron chi connectivity index (χ0n) is 11.6. The highest BCUT2D eigenvalue weighted by atomic mass is 32.1. The first kappa shape index (κ1) is 14.0. The Labute approximate surface area is 119 Å². The quantitative estimate of drug-likeness (QED) is 0.863. The van der Waals surface area contributed by atoms with Crippen LogP contribution in [0.5, 0.6) is 0 Å². The van der Waals surface area contributed by atoms with Crippen LogP contribution in [0, 0.1) is 18.3 Å². The van der Waals surface area contributed by atoms with E-state index in [0.717, 1.165) is 18.5 Å². The van der Waals surface area contributed by atoms with E-state index in [2.05, 4.69) is 6.92 Å². The highest BCUT2D eigenvalue weighted by molar-refractivity contribution is 7.80. The summed E-state index contributed by atoms with van der Waals surface area (Å²) in [7, 11) is 1.79. The van der Waals surface area contributed by atoms with E-state index in [1.165, 1.54) is 5.56 Å². The van der Waals surface area contributed by atoms with Crippen LogP contribution in [0.1, 0.15) is 25.3 Å². The van der Waals surface area contributed by atoms with Gasteiger partial charge >= 0.3 is 0 Å². The van der Waals surface area contributed by atoms with E-state index in [1.807, 2.05) is 31.2 Å². The predicted molar refractivity (Wildman–Crippen MR) is 82.2 cm³/mol. The lowest BCUT2D eigenvalue weighted by atomic mass is 9.61. The van der Waals surface area contributed by atoms with Gasteiger partial charge in [-0.2, -0.15) is 0 Å². The second kappa shape index (κ2) is 4.93. The zero-order valence-corrected chi connectivity index (χ0v) is 12.5. The summed E-state index contributed by atoms with van der Waals surface area (Å²) < 4.78 is 0. The molecule has 19 heavy (non-hydrogen) atoms. The monoisotopic (exact) mass is 276 g/mol. The summed E-state index contributed by atoms with van der Waals surface area (Å²) in [5.41, 5.74) is 7.24. The molecule has 1 aliphatic rings. The average Bonchev–Trinajstić information content (AvgIpc) is 2.33. The highest BCUT2D eigenvalue weighted by Crippen LogP contribution is 2.47. The van der Waals surface area contributed by atoms with Crippen LogP contribution in [0.2, 0.25) is 0 Å². The Bertz CT molecular complexity index is 503. The number of nitrogens with zero attached hydrogens (tertiary/aromatic N) is 1. The molecule has 0 unspecified atom stereocenters. The third-order valence-corrected chi connectivity index (χ3v) is 4.39. The fourth-order valence-corrected chi connectivity index (χ4v) is 3.07. The molecule has 0 atom stereocenters. The van der Waals surface area contributed by atoms with Crippen molar-refractivity contribution in [2.75, 3.05) is 11.9 Å². The van der Waals surface area contributed by atoms with Crippen LogP contribution >= 0.6 is 12.2 Å². The van der Waals surface area contributed by atoms with Gasteiger partial charge in [-0.3, -0.25) is 4.79 Å². The second-order valence-corrected chi connectivity index (χ2v) is 6.10. The number of aryl methyl sites for hydroxylation is 1. The fraction of sp³-hybridized carbons (Fsp3) is 0.467. The first-order valence-corrected chi connectivity index (χ1v) is 6.92. The standard InChI is InChI=1S/C15H20N2OS/c1-10-4-6-12(7-5-10)17(3)14(18)15(13(16)19)8-11(2)9-15/h4-7,11H,8-9H2,1-3H3,(H2,16,19). The van der Waals surface area contributed by atoms with Gasteiger partial charge in [-0.05, 0) is 37.8 Å². The molecule has 1 aromatic carbocycles. The van der Waals surface area contributed by atoms with Crippen LogP contribution in [-0.4, -0.2) is 17.9 Å². The van der Waals surface area contributed by atoms with Crippen molar-refractivity contribution in [3.63, 3.8) is 0 Å². The van der Waals surface area contributed by atoms with Gasteiger partial charge in [-0.25, -0.2) is 0 Å². The maximum absolute atomic E-state index is 12.7. The van der Waals surface area contributed by atoms with Crippen LogP contribution in [0.3, 0.4) is 0 Å². The number of nitrogens with two attached hydrogens (primary N) is 1. The third kappa shape index (κ3) is 2.37. The lowest BCUT2D eigenvalue weighted by molar-refractivity contribution is -0.129.